The molecular formula is C12H13ClN4O. The number of nitrogens with two attached hydrogens (primary N) is 1. The molecule has 0 saturated carbocycles. The third-order valence-corrected chi connectivity index (χ3v) is 2.91. The van der Waals surface area contributed by atoms with Gasteiger partial charge in [0.25, 0.3) is 5.56 Å². The number of aryl methyl sites for hydroxylation is 1. The minimum Gasteiger partial charge on any atom is -0.353 e. The van der Waals surface area contributed by atoms with Crippen LogP contribution in [0.5, 0.6) is 0 Å². The second-order valence-corrected chi connectivity index (χ2v) is 4.20. The van der Waals surface area contributed by atoms with E-state index in [0.717, 1.165) is 11.3 Å². The molecule has 1 aromatic carbocycles. The number of halogens is 1. The van der Waals surface area contributed by atoms with E-state index in [2.05, 4.69) is 10.4 Å². The molecule has 0 atom stereocenters. The molecule has 0 bridgehead atoms. The summed E-state index contributed by atoms with van der Waals surface area (Å²) in [5, 5.41) is 7.07. The number of benzene rings is 1. The lowest BCUT2D eigenvalue weighted by molar-refractivity contribution is 0.709. The summed E-state index contributed by atoms with van der Waals surface area (Å²) in [4.78, 5) is 11.6. The molecule has 0 amide bonds. The number of aromatic nitrogens is 2. The van der Waals surface area contributed by atoms with Gasteiger partial charge in [0.15, 0.2) is 0 Å². The van der Waals surface area contributed by atoms with Crippen molar-refractivity contribution in [3.63, 3.8) is 0 Å². The Kier molecular flexibility index (Phi) is 3.64. The zero-order valence-electron chi connectivity index (χ0n) is 9.85. The molecule has 5 nitrogen and oxygen atoms in total. The summed E-state index contributed by atoms with van der Waals surface area (Å²) in [5.41, 5.74) is 7.53. The summed E-state index contributed by atoms with van der Waals surface area (Å²) in [6, 6.07) is 7.56. The molecule has 18 heavy (non-hydrogen) atoms. The summed E-state index contributed by atoms with van der Waals surface area (Å²) in [7, 11) is 1.55. The summed E-state index contributed by atoms with van der Waals surface area (Å²) in [6.45, 7) is 0.495. The summed E-state index contributed by atoms with van der Waals surface area (Å²) >= 11 is 5.95. The fourth-order valence-electron chi connectivity index (χ4n) is 1.48. The second kappa shape index (κ2) is 5.20. The quantitative estimate of drug-likeness (QED) is 0.884. The smallest absolute Gasteiger partial charge is 0.287 e. The zero-order valence-corrected chi connectivity index (χ0v) is 10.6. The number of nitrogens with zero attached hydrogens (tertiary/aromatic N) is 2. The minimum atomic E-state index is -0.333. The van der Waals surface area contributed by atoms with Crippen molar-refractivity contribution in [1.29, 1.82) is 0 Å². The van der Waals surface area contributed by atoms with Crippen LogP contribution in [-0.2, 0) is 13.6 Å². The van der Waals surface area contributed by atoms with E-state index in [-0.39, 0.29) is 10.6 Å². The van der Waals surface area contributed by atoms with Gasteiger partial charge in [0.2, 0.25) is 0 Å². The predicted octanol–water partition coefficient (Wildman–Crippen LogP) is 1.64. The maximum Gasteiger partial charge on any atom is 0.287 e. The van der Waals surface area contributed by atoms with E-state index in [1.165, 1.54) is 10.9 Å². The Bertz CT molecular complexity index is 606. The summed E-state index contributed by atoms with van der Waals surface area (Å²) < 4.78 is 1.19. The highest BCUT2D eigenvalue weighted by Gasteiger charge is 2.07. The van der Waals surface area contributed by atoms with Crippen LogP contribution in [0.15, 0.2) is 35.3 Å². The van der Waals surface area contributed by atoms with E-state index in [9.17, 15) is 4.79 Å². The first-order valence-corrected chi connectivity index (χ1v) is 5.77. The van der Waals surface area contributed by atoms with Gasteiger partial charge in [-0.15, -0.1) is 0 Å². The summed E-state index contributed by atoms with van der Waals surface area (Å²) in [6.07, 6.45) is 1.51. The van der Waals surface area contributed by atoms with Gasteiger partial charge in [-0.25, -0.2) is 4.68 Å². The SMILES string of the molecule is Cn1ncc(Nc2ccc(CN)cc2)c(Cl)c1=O. The fourth-order valence-corrected chi connectivity index (χ4v) is 1.70. The average molecular weight is 265 g/mol. The van der Waals surface area contributed by atoms with Gasteiger partial charge in [0, 0.05) is 19.3 Å². The molecule has 0 saturated heterocycles. The molecule has 0 spiro atoms. The first kappa shape index (κ1) is 12.6. The van der Waals surface area contributed by atoms with Crippen molar-refractivity contribution in [1.82, 2.24) is 9.78 Å². The van der Waals surface area contributed by atoms with Crippen LogP contribution in [0, 0.1) is 0 Å². The Morgan fingerprint density at radius 2 is 2.06 bits per heavy atom. The Morgan fingerprint density at radius 3 is 2.67 bits per heavy atom. The monoisotopic (exact) mass is 264 g/mol. The molecule has 0 fully saturated rings. The molecule has 0 aliphatic rings. The van der Waals surface area contributed by atoms with Gasteiger partial charge in [-0.05, 0) is 17.7 Å². The van der Waals surface area contributed by atoms with Crippen molar-refractivity contribution < 1.29 is 0 Å². The number of nitrogens with one attached hydrogen (secondary N) is 1. The predicted molar refractivity (Wildman–Crippen MR) is 72.1 cm³/mol. The lowest BCUT2D eigenvalue weighted by Gasteiger charge is -2.08. The molecule has 6 heteroatoms. The maximum absolute atomic E-state index is 11.6. The molecule has 0 aliphatic carbocycles. The third kappa shape index (κ3) is 2.52. The molecule has 1 heterocycles. The van der Waals surface area contributed by atoms with Crippen molar-refractivity contribution in [3.8, 4) is 0 Å². The van der Waals surface area contributed by atoms with Crippen LogP contribution in [-0.4, -0.2) is 9.78 Å². The molecule has 1 aromatic heterocycles. The van der Waals surface area contributed by atoms with Crippen molar-refractivity contribution in [2.45, 2.75) is 6.54 Å². The van der Waals surface area contributed by atoms with Crippen LogP contribution in [0.2, 0.25) is 5.02 Å². The van der Waals surface area contributed by atoms with Crippen molar-refractivity contribution in [2.24, 2.45) is 12.8 Å². The molecule has 3 N–H and O–H groups in total. The highest BCUT2D eigenvalue weighted by atomic mass is 35.5. The first-order valence-electron chi connectivity index (χ1n) is 5.39. The van der Waals surface area contributed by atoms with E-state index in [1.54, 1.807) is 7.05 Å². The Balaban J connectivity index is 2.28. The van der Waals surface area contributed by atoms with Crippen LogP contribution in [0.1, 0.15) is 5.56 Å². The van der Waals surface area contributed by atoms with Crippen LogP contribution >= 0.6 is 11.6 Å². The topological polar surface area (TPSA) is 72.9 Å². The van der Waals surface area contributed by atoms with Crippen molar-refractivity contribution in [2.75, 3.05) is 5.32 Å². The molecular weight excluding hydrogens is 252 g/mol. The van der Waals surface area contributed by atoms with E-state index in [4.69, 9.17) is 17.3 Å². The number of rotatable bonds is 3. The van der Waals surface area contributed by atoms with E-state index < -0.39 is 0 Å². The number of hydrogen-bond acceptors (Lipinski definition) is 4. The van der Waals surface area contributed by atoms with Gasteiger partial charge in [0.1, 0.15) is 5.02 Å². The highest BCUT2D eigenvalue weighted by Crippen LogP contribution is 2.21. The van der Waals surface area contributed by atoms with Gasteiger partial charge in [-0.1, -0.05) is 23.7 Å². The fraction of sp³-hybridized carbons (Fsp3) is 0.167. The van der Waals surface area contributed by atoms with Gasteiger partial charge >= 0.3 is 0 Å². The van der Waals surface area contributed by atoms with Crippen LogP contribution in [0.4, 0.5) is 11.4 Å². The Morgan fingerprint density at radius 1 is 1.39 bits per heavy atom. The molecule has 2 aromatic rings. The van der Waals surface area contributed by atoms with Gasteiger partial charge in [0.05, 0.1) is 11.9 Å². The van der Waals surface area contributed by atoms with E-state index in [0.29, 0.717) is 12.2 Å². The maximum atomic E-state index is 11.6. The molecule has 94 valence electrons. The van der Waals surface area contributed by atoms with Crippen LogP contribution in [0.25, 0.3) is 0 Å². The zero-order chi connectivity index (χ0) is 13.1. The van der Waals surface area contributed by atoms with Crippen LogP contribution in [0.3, 0.4) is 0 Å². The standard InChI is InChI=1S/C12H13ClN4O/c1-17-12(18)11(13)10(7-15-17)16-9-4-2-8(6-14)3-5-9/h2-5,7,16H,6,14H2,1H3. The molecule has 0 radical (unpaired) electrons. The van der Waals surface area contributed by atoms with Crippen molar-refractivity contribution >= 4 is 23.0 Å². The average Bonchev–Trinajstić information content (AvgIpc) is 2.40. The normalized spacial score (nSPS) is 10.4. The van der Waals surface area contributed by atoms with Gasteiger partial charge < -0.3 is 11.1 Å². The minimum absolute atomic E-state index is 0.121. The molecule has 0 aliphatic heterocycles. The number of hydrogen-bond donors (Lipinski definition) is 2. The van der Waals surface area contributed by atoms with E-state index in [1.807, 2.05) is 24.3 Å². The second-order valence-electron chi connectivity index (χ2n) is 3.83. The van der Waals surface area contributed by atoms with E-state index >= 15 is 0 Å². The Hall–Kier alpha value is -1.85. The first-order chi connectivity index (χ1) is 8.61. The lowest BCUT2D eigenvalue weighted by Crippen LogP contribution is -2.20. The lowest BCUT2D eigenvalue weighted by atomic mass is 10.2. The molecule has 0 unspecified atom stereocenters. The summed E-state index contributed by atoms with van der Waals surface area (Å²) in [5.74, 6) is 0. The van der Waals surface area contributed by atoms with Gasteiger partial charge in [-0.2, -0.15) is 5.10 Å². The van der Waals surface area contributed by atoms with Crippen molar-refractivity contribution in [3.05, 3.63) is 51.4 Å². The number of anilines is 2. The Labute approximate surface area is 109 Å². The largest absolute Gasteiger partial charge is 0.353 e. The molecule has 2 rings (SSSR count). The van der Waals surface area contributed by atoms with Crippen LogP contribution < -0.4 is 16.6 Å². The highest BCUT2D eigenvalue weighted by molar-refractivity contribution is 6.33. The van der Waals surface area contributed by atoms with Gasteiger partial charge in [-0.3, -0.25) is 4.79 Å². The third-order valence-electron chi connectivity index (χ3n) is 2.55.